The minimum Gasteiger partial charge on any atom is -0.466 e. The first-order valence-electron chi connectivity index (χ1n) is 16.6. The number of carbonyl (C=O) groups is 2. The first-order chi connectivity index (χ1) is 23.3. The largest absolute Gasteiger partial charge is 0.466 e. The van der Waals surface area contributed by atoms with E-state index in [-0.39, 0.29) is 28.2 Å². The van der Waals surface area contributed by atoms with E-state index in [1.165, 1.54) is 18.2 Å². The van der Waals surface area contributed by atoms with Crippen molar-refractivity contribution in [2.24, 2.45) is 0 Å². The van der Waals surface area contributed by atoms with Crippen LogP contribution in [0.15, 0.2) is 101 Å². The van der Waals surface area contributed by atoms with Crippen molar-refractivity contribution >= 4 is 35.1 Å². The summed E-state index contributed by atoms with van der Waals surface area (Å²) in [6.07, 6.45) is 3.65. The molecule has 7 nitrogen and oxygen atoms in total. The lowest BCUT2D eigenvalue weighted by Gasteiger charge is -2.43. The molecule has 0 aromatic heterocycles. The standard InChI is InChI=1S/C39H44Cl2N2O5/c1-27-33(37(44)46-3)35(31-17-10-18-32(40)36(31)41)34(28(2)42-27)38(45)48-26-12-25-47-24-11-21-43-22-19-39(20-23-43,29-13-6-4-7-14-29)30-15-8-5-9-16-30/h4-10,13-18,35,42H,11-12,19-26H2,1-3H3. The van der Waals surface area contributed by atoms with Crippen molar-refractivity contribution in [3.8, 4) is 0 Å². The zero-order valence-electron chi connectivity index (χ0n) is 27.9. The number of dihydropyridines is 1. The van der Waals surface area contributed by atoms with Crippen molar-refractivity contribution in [3.05, 3.63) is 128 Å². The van der Waals surface area contributed by atoms with Gasteiger partial charge in [-0.25, -0.2) is 9.59 Å². The second kappa shape index (κ2) is 16.7. The molecule has 0 spiro atoms. The third kappa shape index (κ3) is 7.98. The van der Waals surface area contributed by atoms with Crippen LogP contribution in [-0.2, 0) is 29.2 Å². The Hall–Kier alpha value is -3.62. The maximum atomic E-state index is 13.5. The Kier molecular flexibility index (Phi) is 12.4. The molecular weight excluding hydrogens is 647 g/mol. The van der Waals surface area contributed by atoms with Crippen LogP contribution in [0.5, 0.6) is 0 Å². The van der Waals surface area contributed by atoms with Gasteiger partial charge >= 0.3 is 11.9 Å². The molecule has 2 aliphatic heterocycles. The maximum Gasteiger partial charge on any atom is 0.336 e. The Morgan fingerprint density at radius 1 is 0.792 bits per heavy atom. The Morgan fingerprint density at radius 2 is 1.38 bits per heavy atom. The van der Waals surface area contributed by atoms with Gasteiger partial charge in [-0.15, -0.1) is 0 Å². The quantitative estimate of drug-likeness (QED) is 0.145. The van der Waals surface area contributed by atoms with Gasteiger partial charge in [0.15, 0.2) is 0 Å². The van der Waals surface area contributed by atoms with Crippen LogP contribution >= 0.6 is 23.2 Å². The molecule has 0 bridgehead atoms. The van der Waals surface area contributed by atoms with E-state index in [1.807, 2.05) is 0 Å². The lowest BCUT2D eigenvalue weighted by atomic mass is 9.68. The summed E-state index contributed by atoms with van der Waals surface area (Å²) in [6.45, 7) is 7.89. The summed E-state index contributed by atoms with van der Waals surface area (Å²) in [5.41, 5.74) is 5.08. The van der Waals surface area contributed by atoms with Gasteiger partial charge in [-0.05, 0) is 69.0 Å². The highest BCUT2D eigenvalue weighted by atomic mass is 35.5. The zero-order valence-corrected chi connectivity index (χ0v) is 29.4. The van der Waals surface area contributed by atoms with Crippen molar-refractivity contribution in [1.29, 1.82) is 0 Å². The van der Waals surface area contributed by atoms with Gasteiger partial charge in [0.25, 0.3) is 0 Å². The van der Waals surface area contributed by atoms with E-state index in [9.17, 15) is 9.59 Å². The summed E-state index contributed by atoms with van der Waals surface area (Å²) < 4.78 is 16.7. The van der Waals surface area contributed by atoms with Crippen LogP contribution in [-0.4, -0.2) is 63.4 Å². The number of ether oxygens (including phenoxy) is 3. The molecule has 9 heteroatoms. The van der Waals surface area contributed by atoms with E-state index in [0.717, 1.165) is 38.9 Å². The van der Waals surface area contributed by atoms with E-state index in [1.54, 1.807) is 32.0 Å². The number of piperidine rings is 1. The van der Waals surface area contributed by atoms with Crippen LogP contribution in [0.3, 0.4) is 0 Å². The molecule has 0 radical (unpaired) electrons. The summed E-state index contributed by atoms with van der Waals surface area (Å²) in [5, 5.41) is 3.73. The molecule has 1 unspecified atom stereocenters. The third-order valence-electron chi connectivity index (χ3n) is 9.47. The van der Waals surface area contributed by atoms with Crippen LogP contribution < -0.4 is 5.32 Å². The highest BCUT2D eigenvalue weighted by molar-refractivity contribution is 6.42. The topological polar surface area (TPSA) is 77.1 Å². The van der Waals surface area contributed by atoms with Gasteiger partial charge in [0, 0.05) is 43.0 Å². The van der Waals surface area contributed by atoms with E-state index in [0.29, 0.717) is 41.6 Å². The summed E-state index contributed by atoms with van der Waals surface area (Å²) in [4.78, 5) is 28.9. The fourth-order valence-corrected chi connectivity index (χ4v) is 7.43. The minimum atomic E-state index is -0.797. The van der Waals surface area contributed by atoms with Crippen molar-refractivity contribution in [2.75, 3.05) is 46.6 Å². The molecule has 5 rings (SSSR count). The second-order valence-corrected chi connectivity index (χ2v) is 13.2. The van der Waals surface area contributed by atoms with Gasteiger partial charge in [-0.2, -0.15) is 0 Å². The molecule has 1 N–H and O–H groups in total. The molecule has 2 heterocycles. The van der Waals surface area contributed by atoms with Crippen LogP contribution in [0, 0.1) is 0 Å². The number of carbonyl (C=O) groups excluding carboxylic acids is 2. The van der Waals surface area contributed by atoms with Gasteiger partial charge in [-0.3, -0.25) is 0 Å². The molecule has 1 saturated heterocycles. The second-order valence-electron chi connectivity index (χ2n) is 12.4. The van der Waals surface area contributed by atoms with Gasteiger partial charge in [0.05, 0.1) is 40.8 Å². The number of benzene rings is 3. The number of nitrogens with one attached hydrogen (secondary N) is 1. The monoisotopic (exact) mass is 690 g/mol. The Bertz CT molecular complexity index is 1590. The van der Waals surface area contributed by atoms with Crippen LogP contribution in [0.4, 0.5) is 0 Å². The van der Waals surface area contributed by atoms with Gasteiger partial charge in [-0.1, -0.05) is 96.0 Å². The first-order valence-corrected chi connectivity index (χ1v) is 17.3. The number of likely N-dealkylation sites (tertiary alicyclic amines) is 1. The maximum absolute atomic E-state index is 13.5. The number of hydrogen-bond acceptors (Lipinski definition) is 7. The van der Waals surface area contributed by atoms with Gasteiger partial charge in [0.2, 0.25) is 0 Å². The highest BCUT2D eigenvalue weighted by Gasteiger charge is 2.39. The molecule has 1 atom stereocenters. The van der Waals surface area contributed by atoms with Gasteiger partial charge < -0.3 is 24.4 Å². The first kappa shape index (κ1) is 35.7. The minimum absolute atomic E-state index is 0.0473. The number of hydrogen-bond donors (Lipinski definition) is 1. The smallest absolute Gasteiger partial charge is 0.336 e. The van der Waals surface area contributed by atoms with Crippen molar-refractivity contribution < 1.29 is 23.8 Å². The van der Waals surface area contributed by atoms with E-state index in [4.69, 9.17) is 37.4 Å². The molecule has 2 aliphatic rings. The Morgan fingerprint density at radius 3 is 1.98 bits per heavy atom. The van der Waals surface area contributed by atoms with Gasteiger partial charge in [0.1, 0.15) is 0 Å². The van der Waals surface area contributed by atoms with E-state index < -0.39 is 17.9 Å². The predicted octanol–water partition coefficient (Wildman–Crippen LogP) is 7.82. The molecule has 0 amide bonds. The molecule has 3 aromatic rings. The number of halogens is 2. The molecule has 0 aliphatic carbocycles. The van der Waals surface area contributed by atoms with Crippen LogP contribution in [0.1, 0.15) is 62.1 Å². The summed E-state index contributed by atoms with van der Waals surface area (Å²) in [7, 11) is 1.30. The number of rotatable bonds is 13. The number of esters is 2. The van der Waals surface area contributed by atoms with Crippen LogP contribution in [0.2, 0.25) is 10.0 Å². The lowest BCUT2D eigenvalue weighted by molar-refractivity contribution is -0.140. The predicted molar refractivity (Wildman–Crippen MR) is 190 cm³/mol. The summed E-state index contributed by atoms with van der Waals surface area (Å²) >= 11 is 12.9. The average molecular weight is 692 g/mol. The summed E-state index contributed by atoms with van der Waals surface area (Å²) in [5.74, 6) is -1.90. The SMILES string of the molecule is COC(=O)C1=C(C)NC(C)=C(C(=O)OCCCOCCCN2CCC(c3ccccc3)(c3ccccc3)CC2)C1c1cccc(Cl)c1Cl. The number of allylic oxidation sites excluding steroid dienone is 2. The molecule has 3 aromatic carbocycles. The third-order valence-corrected chi connectivity index (χ3v) is 10.3. The Balaban J connectivity index is 1.08. The van der Waals surface area contributed by atoms with Crippen molar-refractivity contribution in [2.45, 2.75) is 50.9 Å². The molecule has 0 saturated carbocycles. The molecule has 1 fully saturated rings. The highest BCUT2D eigenvalue weighted by Crippen LogP contribution is 2.44. The molecule has 254 valence electrons. The fourth-order valence-electron chi connectivity index (χ4n) is 7.01. The zero-order chi connectivity index (χ0) is 34.1. The van der Waals surface area contributed by atoms with E-state index >= 15 is 0 Å². The summed E-state index contributed by atoms with van der Waals surface area (Å²) in [6, 6.07) is 27.0. The number of methoxy groups -OCH3 is 1. The van der Waals surface area contributed by atoms with Crippen molar-refractivity contribution in [1.82, 2.24) is 10.2 Å². The molecular formula is C39H44Cl2N2O5. The number of nitrogens with zero attached hydrogens (tertiary/aromatic N) is 1. The normalized spacial score (nSPS) is 18.0. The van der Waals surface area contributed by atoms with Crippen LogP contribution in [0.25, 0.3) is 0 Å². The average Bonchev–Trinajstić information content (AvgIpc) is 3.11. The lowest BCUT2D eigenvalue weighted by Crippen LogP contribution is -2.43. The fraction of sp³-hybridized carbons (Fsp3) is 0.385. The molecule has 48 heavy (non-hydrogen) atoms. The Labute approximate surface area is 293 Å². The van der Waals surface area contributed by atoms with E-state index in [2.05, 4.69) is 70.9 Å². The van der Waals surface area contributed by atoms with Crippen molar-refractivity contribution in [3.63, 3.8) is 0 Å².